The van der Waals surface area contributed by atoms with E-state index in [4.69, 9.17) is 9.15 Å². The summed E-state index contributed by atoms with van der Waals surface area (Å²) in [7, 11) is 0. The molecule has 0 radical (unpaired) electrons. The van der Waals surface area contributed by atoms with Crippen molar-refractivity contribution >= 4 is 33.2 Å². The number of aromatic nitrogens is 1. The van der Waals surface area contributed by atoms with Gasteiger partial charge in [0, 0.05) is 10.9 Å². The second-order valence-corrected chi connectivity index (χ2v) is 5.58. The maximum atomic E-state index is 11.6. The molecule has 0 aliphatic carbocycles. The number of oxazole rings is 1. The maximum Gasteiger partial charge on any atom is 0.376 e. The summed E-state index contributed by atoms with van der Waals surface area (Å²) in [4.78, 5) is 15.8. The van der Waals surface area contributed by atoms with Crippen molar-refractivity contribution < 1.29 is 13.9 Å². The van der Waals surface area contributed by atoms with E-state index in [2.05, 4.69) is 20.9 Å². The average molecular weight is 316 g/mol. The highest BCUT2D eigenvalue weighted by Crippen LogP contribution is 2.29. The molecule has 2 aromatic heterocycles. The Labute approximate surface area is 111 Å². The lowest BCUT2D eigenvalue weighted by Gasteiger charge is -1.97. The highest BCUT2D eigenvalue weighted by molar-refractivity contribution is 9.11. The predicted molar refractivity (Wildman–Crippen MR) is 68.2 cm³/mol. The minimum Gasteiger partial charge on any atom is -0.460 e. The van der Waals surface area contributed by atoms with Crippen molar-refractivity contribution in [1.82, 2.24) is 4.98 Å². The second kappa shape index (κ2) is 5.01. The first-order valence-corrected chi connectivity index (χ1v) is 6.68. The van der Waals surface area contributed by atoms with Gasteiger partial charge in [-0.15, -0.1) is 11.3 Å². The van der Waals surface area contributed by atoms with Crippen molar-refractivity contribution in [3.8, 4) is 11.5 Å². The SMILES string of the molecule is CCOC(=O)c1oc(-c2csc(Br)c2)nc1C. The first-order chi connectivity index (χ1) is 8.11. The van der Waals surface area contributed by atoms with Gasteiger partial charge in [-0.25, -0.2) is 9.78 Å². The molecule has 0 N–H and O–H groups in total. The lowest BCUT2D eigenvalue weighted by molar-refractivity contribution is 0.0490. The zero-order valence-electron chi connectivity index (χ0n) is 9.32. The summed E-state index contributed by atoms with van der Waals surface area (Å²) in [5, 5.41) is 1.91. The largest absolute Gasteiger partial charge is 0.460 e. The molecule has 0 atom stereocenters. The Hall–Kier alpha value is -1.14. The molecule has 0 saturated carbocycles. The van der Waals surface area contributed by atoms with Gasteiger partial charge in [-0.2, -0.15) is 0 Å². The number of thiophene rings is 1. The first-order valence-electron chi connectivity index (χ1n) is 5.00. The number of hydrogen-bond acceptors (Lipinski definition) is 5. The van der Waals surface area contributed by atoms with Crippen LogP contribution in [0.25, 0.3) is 11.5 Å². The maximum absolute atomic E-state index is 11.6. The Morgan fingerprint density at radius 3 is 3.00 bits per heavy atom. The molecular weight excluding hydrogens is 306 g/mol. The number of carbonyl (C=O) groups excluding carboxylic acids is 1. The Bertz CT molecular complexity index is 547. The molecule has 0 aliphatic rings. The van der Waals surface area contributed by atoms with Gasteiger partial charge in [0.2, 0.25) is 11.7 Å². The molecule has 0 bridgehead atoms. The molecule has 0 unspecified atom stereocenters. The zero-order chi connectivity index (χ0) is 12.4. The fourth-order valence-electron chi connectivity index (χ4n) is 1.33. The normalized spacial score (nSPS) is 10.5. The van der Waals surface area contributed by atoms with Crippen molar-refractivity contribution in [2.45, 2.75) is 13.8 Å². The highest BCUT2D eigenvalue weighted by Gasteiger charge is 2.19. The van der Waals surface area contributed by atoms with Crippen LogP contribution < -0.4 is 0 Å². The van der Waals surface area contributed by atoms with Gasteiger partial charge in [0.25, 0.3) is 0 Å². The number of nitrogens with zero attached hydrogens (tertiary/aromatic N) is 1. The molecule has 0 aliphatic heterocycles. The summed E-state index contributed by atoms with van der Waals surface area (Å²) in [5.74, 6) is 0.134. The van der Waals surface area contributed by atoms with E-state index in [0.29, 0.717) is 18.2 Å². The van der Waals surface area contributed by atoms with Gasteiger partial charge in [0.1, 0.15) is 0 Å². The van der Waals surface area contributed by atoms with Gasteiger partial charge in [-0.1, -0.05) is 0 Å². The van der Waals surface area contributed by atoms with Gasteiger partial charge in [-0.3, -0.25) is 0 Å². The van der Waals surface area contributed by atoms with Gasteiger partial charge in [-0.05, 0) is 35.8 Å². The van der Waals surface area contributed by atoms with Crippen molar-refractivity contribution in [3.63, 3.8) is 0 Å². The van der Waals surface area contributed by atoms with Crippen LogP contribution in [-0.4, -0.2) is 17.6 Å². The molecule has 0 spiro atoms. The quantitative estimate of drug-likeness (QED) is 0.811. The second-order valence-electron chi connectivity index (χ2n) is 3.29. The van der Waals surface area contributed by atoms with E-state index in [0.717, 1.165) is 9.35 Å². The summed E-state index contributed by atoms with van der Waals surface area (Å²) in [6.07, 6.45) is 0. The molecule has 2 rings (SSSR count). The van der Waals surface area contributed by atoms with Crippen LogP contribution in [0.1, 0.15) is 23.2 Å². The molecular formula is C11H10BrNO3S. The minimum absolute atomic E-state index is 0.171. The molecule has 0 aromatic carbocycles. The molecule has 2 heterocycles. The lowest BCUT2D eigenvalue weighted by Crippen LogP contribution is -2.04. The molecule has 4 nitrogen and oxygen atoms in total. The number of carbonyl (C=O) groups is 1. The summed E-state index contributed by atoms with van der Waals surface area (Å²) in [6.45, 7) is 3.79. The zero-order valence-corrected chi connectivity index (χ0v) is 11.7. The monoisotopic (exact) mass is 315 g/mol. The van der Waals surface area contributed by atoms with E-state index in [1.165, 1.54) is 11.3 Å². The molecule has 17 heavy (non-hydrogen) atoms. The average Bonchev–Trinajstić information content (AvgIpc) is 2.85. The van der Waals surface area contributed by atoms with Crippen LogP contribution in [0.4, 0.5) is 0 Å². The third-order valence-electron chi connectivity index (χ3n) is 2.07. The third-order valence-corrected chi connectivity index (χ3v) is 3.58. The fourth-order valence-corrected chi connectivity index (χ4v) is 2.46. The van der Waals surface area contributed by atoms with Crippen LogP contribution in [0, 0.1) is 6.92 Å². The van der Waals surface area contributed by atoms with E-state index in [9.17, 15) is 4.79 Å². The van der Waals surface area contributed by atoms with Crippen LogP contribution >= 0.6 is 27.3 Å². The smallest absolute Gasteiger partial charge is 0.376 e. The van der Waals surface area contributed by atoms with Crippen molar-refractivity contribution in [3.05, 3.63) is 26.7 Å². The Morgan fingerprint density at radius 1 is 1.65 bits per heavy atom. The van der Waals surface area contributed by atoms with Gasteiger partial charge < -0.3 is 9.15 Å². The molecule has 0 fully saturated rings. The van der Waals surface area contributed by atoms with Gasteiger partial charge >= 0.3 is 5.97 Å². The number of halogens is 1. The van der Waals surface area contributed by atoms with Crippen LogP contribution in [-0.2, 0) is 4.74 Å². The van der Waals surface area contributed by atoms with Crippen molar-refractivity contribution in [2.24, 2.45) is 0 Å². The molecule has 0 saturated heterocycles. The number of esters is 1. The van der Waals surface area contributed by atoms with E-state index in [1.54, 1.807) is 13.8 Å². The predicted octanol–water partition coefficient (Wildman–Crippen LogP) is 3.65. The summed E-state index contributed by atoms with van der Waals surface area (Å²) in [5.41, 5.74) is 1.39. The van der Waals surface area contributed by atoms with Crippen LogP contribution in [0.15, 0.2) is 19.6 Å². The summed E-state index contributed by atoms with van der Waals surface area (Å²) < 4.78 is 11.3. The molecule has 0 amide bonds. The first kappa shape index (κ1) is 12.3. The Kier molecular flexibility index (Phi) is 3.63. The topological polar surface area (TPSA) is 52.3 Å². The van der Waals surface area contributed by atoms with E-state index in [1.807, 2.05) is 11.4 Å². The number of aryl methyl sites for hydroxylation is 1. The summed E-state index contributed by atoms with van der Waals surface area (Å²) >= 11 is 4.90. The standard InChI is InChI=1S/C11H10BrNO3S/c1-3-15-11(14)9-6(2)13-10(16-9)7-4-8(12)17-5-7/h4-5H,3H2,1-2H3. The van der Waals surface area contributed by atoms with E-state index < -0.39 is 5.97 Å². The van der Waals surface area contributed by atoms with Crippen molar-refractivity contribution in [2.75, 3.05) is 6.61 Å². The number of rotatable bonds is 3. The van der Waals surface area contributed by atoms with Gasteiger partial charge in [0.15, 0.2) is 0 Å². The highest BCUT2D eigenvalue weighted by atomic mass is 79.9. The van der Waals surface area contributed by atoms with Gasteiger partial charge in [0.05, 0.1) is 16.1 Å². The fraction of sp³-hybridized carbons (Fsp3) is 0.273. The number of ether oxygens (including phenoxy) is 1. The van der Waals surface area contributed by atoms with E-state index in [-0.39, 0.29) is 5.76 Å². The summed E-state index contributed by atoms with van der Waals surface area (Å²) in [6, 6.07) is 1.89. The van der Waals surface area contributed by atoms with E-state index >= 15 is 0 Å². The molecule has 6 heteroatoms. The van der Waals surface area contributed by atoms with Crippen LogP contribution in [0.2, 0.25) is 0 Å². The van der Waals surface area contributed by atoms with Crippen LogP contribution in [0.3, 0.4) is 0 Å². The molecule has 90 valence electrons. The third kappa shape index (κ3) is 2.58. The van der Waals surface area contributed by atoms with Crippen molar-refractivity contribution in [1.29, 1.82) is 0 Å². The lowest BCUT2D eigenvalue weighted by atomic mass is 10.3. The molecule has 2 aromatic rings. The Balaban J connectivity index is 2.33. The Morgan fingerprint density at radius 2 is 2.41 bits per heavy atom. The number of hydrogen-bond donors (Lipinski definition) is 0. The minimum atomic E-state index is -0.474. The van der Waals surface area contributed by atoms with Crippen LogP contribution in [0.5, 0.6) is 0 Å².